The minimum absolute atomic E-state index is 0.998. The lowest BCUT2D eigenvalue weighted by molar-refractivity contribution is 0.128. The van der Waals surface area contributed by atoms with E-state index in [4.69, 9.17) is 0 Å². The molecule has 3 rings (SSSR count). The van der Waals surface area contributed by atoms with Crippen LogP contribution in [0.1, 0.15) is 18.4 Å². The third kappa shape index (κ3) is 4.58. The summed E-state index contributed by atoms with van der Waals surface area (Å²) in [5, 5.41) is 3.59. The number of hydrogen-bond acceptors (Lipinski definition) is 3. The molecule has 20 heavy (non-hydrogen) atoms. The van der Waals surface area contributed by atoms with Crippen LogP contribution in [-0.4, -0.2) is 55.6 Å². The highest BCUT2D eigenvalue weighted by Crippen LogP contribution is 2.27. The van der Waals surface area contributed by atoms with Crippen molar-refractivity contribution in [3.8, 4) is 0 Å². The number of hydrogen-bond donors (Lipinski definition) is 1. The summed E-state index contributed by atoms with van der Waals surface area (Å²) in [7, 11) is 0. The molecule has 0 radical (unpaired) electrons. The molecule has 1 heterocycles. The first-order valence-corrected chi connectivity index (χ1v) is 8.09. The van der Waals surface area contributed by atoms with E-state index in [9.17, 15) is 0 Å². The van der Waals surface area contributed by atoms with Gasteiger partial charge in [-0.2, -0.15) is 0 Å². The van der Waals surface area contributed by atoms with Gasteiger partial charge in [0.25, 0.3) is 0 Å². The molecule has 2 fully saturated rings. The third-order valence-corrected chi connectivity index (χ3v) is 4.45. The summed E-state index contributed by atoms with van der Waals surface area (Å²) >= 11 is 0. The van der Waals surface area contributed by atoms with Gasteiger partial charge in [-0.05, 0) is 30.9 Å². The zero-order chi connectivity index (χ0) is 13.6. The number of benzene rings is 1. The molecular formula is C17H27N3. The van der Waals surface area contributed by atoms with Gasteiger partial charge in [0, 0.05) is 45.8 Å². The van der Waals surface area contributed by atoms with Crippen molar-refractivity contribution in [1.82, 2.24) is 15.1 Å². The minimum Gasteiger partial charge on any atom is -0.315 e. The van der Waals surface area contributed by atoms with E-state index in [1.54, 1.807) is 0 Å². The van der Waals surface area contributed by atoms with Gasteiger partial charge in [-0.1, -0.05) is 30.3 Å². The summed E-state index contributed by atoms with van der Waals surface area (Å²) in [5.74, 6) is 0.998. The van der Waals surface area contributed by atoms with Crippen LogP contribution >= 0.6 is 0 Å². The van der Waals surface area contributed by atoms with Crippen molar-refractivity contribution in [2.75, 3.05) is 45.8 Å². The van der Waals surface area contributed by atoms with Gasteiger partial charge >= 0.3 is 0 Å². The van der Waals surface area contributed by atoms with Gasteiger partial charge in [0.05, 0.1) is 0 Å². The van der Waals surface area contributed by atoms with E-state index in [-0.39, 0.29) is 0 Å². The molecule has 1 saturated carbocycles. The molecule has 0 aromatic heterocycles. The Bertz CT molecular complexity index is 380. The van der Waals surface area contributed by atoms with Crippen LogP contribution < -0.4 is 5.32 Å². The van der Waals surface area contributed by atoms with E-state index in [0.717, 1.165) is 19.0 Å². The second-order valence-electron chi connectivity index (χ2n) is 6.25. The maximum Gasteiger partial charge on any atom is 0.0234 e. The zero-order valence-corrected chi connectivity index (χ0v) is 12.4. The monoisotopic (exact) mass is 273 g/mol. The molecule has 2 aliphatic rings. The Labute approximate surface area is 123 Å². The van der Waals surface area contributed by atoms with Crippen molar-refractivity contribution in [1.29, 1.82) is 0 Å². The first kappa shape index (κ1) is 14.1. The molecule has 1 aliphatic heterocycles. The van der Waals surface area contributed by atoms with E-state index >= 15 is 0 Å². The molecule has 0 atom stereocenters. The molecule has 0 bridgehead atoms. The van der Waals surface area contributed by atoms with Crippen LogP contribution in [-0.2, 0) is 6.54 Å². The normalized spacial score (nSPS) is 21.2. The second-order valence-corrected chi connectivity index (χ2v) is 6.25. The fraction of sp³-hybridized carbons (Fsp3) is 0.647. The van der Waals surface area contributed by atoms with E-state index < -0.39 is 0 Å². The summed E-state index contributed by atoms with van der Waals surface area (Å²) in [6.07, 6.45) is 2.90. The van der Waals surface area contributed by atoms with Crippen LogP contribution in [0.5, 0.6) is 0 Å². The molecule has 110 valence electrons. The highest BCUT2D eigenvalue weighted by molar-refractivity contribution is 5.14. The molecule has 0 amide bonds. The fourth-order valence-corrected chi connectivity index (χ4v) is 2.88. The quantitative estimate of drug-likeness (QED) is 0.764. The summed E-state index contributed by atoms with van der Waals surface area (Å²) in [6, 6.07) is 10.8. The first-order valence-electron chi connectivity index (χ1n) is 8.09. The highest BCUT2D eigenvalue weighted by Gasteiger charge is 2.20. The number of nitrogens with one attached hydrogen (secondary N) is 1. The summed E-state index contributed by atoms with van der Waals surface area (Å²) < 4.78 is 0. The minimum atomic E-state index is 0.998. The maximum atomic E-state index is 3.59. The maximum absolute atomic E-state index is 3.59. The average molecular weight is 273 g/mol. The first-order chi connectivity index (χ1) is 9.90. The van der Waals surface area contributed by atoms with Crippen molar-refractivity contribution in [2.24, 2.45) is 5.92 Å². The Morgan fingerprint density at radius 1 is 0.950 bits per heavy atom. The Morgan fingerprint density at radius 2 is 1.65 bits per heavy atom. The van der Waals surface area contributed by atoms with Crippen molar-refractivity contribution >= 4 is 0 Å². The lowest BCUT2D eigenvalue weighted by atomic mass is 10.2. The number of piperazine rings is 1. The Hall–Kier alpha value is -0.900. The molecule has 0 spiro atoms. The van der Waals surface area contributed by atoms with Crippen molar-refractivity contribution < 1.29 is 0 Å². The van der Waals surface area contributed by atoms with Gasteiger partial charge in [-0.15, -0.1) is 0 Å². The van der Waals surface area contributed by atoms with Crippen molar-refractivity contribution in [3.63, 3.8) is 0 Å². The van der Waals surface area contributed by atoms with Gasteiger partial charge in [-0.25, -0.2) is 0 Å². The Kier molecular flexibility index (Phi) is 5.06. The van der Waals surface area contributed by atoms with Crippen LogP contribution in [0.25, 0.3) is 0 Å². The largest absolute Gasteiger partial charge is 0.315 e. The lowest BCUT2D eigenvalue weighted by Crippen LogP contribution is -2.47. The smallest absolute Gasteiger partial charge is 0.0234 e. The van der Waals surface area contributed by atoms with Crippen LogP contribution in [0.4, 0.5) is 0 Å². The molecule has 1 N–H and O–H groups in total. The predicted octanol–water partition coefficient (Wildman–Crippen LogP) is 1.80. The van der Waals surface area contributed by atoms with Crippen LogP contribution in [0.2, 0.25) is 0 Å². The molecule has 0 unspecified atom stereocenters. The van der Waals surface area contributed by atoms with Gasteiger partial charge in [0.2, 0.25) is 0 Å². The number of rotatable bonds is 7. The topological polar surface area (TPSA) is 18.5 Å². The number of nitrogens with zero attached hydrogens (tertiary/aromatic N) is 2. The summed E-state index contributed by atoms with van der Waals surface area (Å²) in [5.41, 5.74) is 1.44. The Balaban J connectivity index is 1.30. The van der Waals surface area contributed by atoms with Crippen LogP contribution in [0, 0.1) is 5.92 Å². The summed E-state index contributed by atoms with van der Waals surface area (Å²) in [4.78, 5) is 5.17. The van der Waals surface area contributed by atoms with E-state index in [1.807, 2.05) is 0 Å². The molecule has 1 aliphatic carbocycles. The standard InChI is InChI=1S/C17H27N3/c1-2-4-17(5-3-1)15-20-12-10-19(11-13-20)9-8-18-14-16-6-7-16/h1-5,16,18H,6-15H2. The SMILES string of the molecule is c1ccc(CN2CCN(CCNCC3CC3)CC2)cc1. The van der Waals surface area contributed by atoms with Crippen molar-refractivity contribution in [2.45, 2.75) is 19.4 Å². The van der Waals surface area contributed by atoms with Crippen LogP contribution in [0.15, 0.2) is 30.3 Å². The van der Waals surface area contributed by atoms with E-state index in [1.165, 1.54) is 57.7 Å². The molecule has 3 nitrogen and oxygen atoms in total. The molecule has 3 heteroatoms. The van der Waals surface area contributed by atoms with Gasteiger partial charge in [-0.3, -0.25) is 9.80 Å². The van der Waals surface area contributed by atoms with E-state index in [2.05, 4.69) is 45.4 Å². The molecular weight excluding hydrogens is 246 g/mol. The second kappa shape index (κ2) is 7.21. The highest BCUT2D eigenvalue weighted by atomic mass is 15.3. The van der Waals surface area contributed by atoms with Gasteiger partial charge in [0.15, 0.2) is 0 Å². The molecule has 1 aromatic rings. The summed E-state index contributed by atoms with van der Waals surface area (Å²) in [6.45, 7) is 9.58. The van der Waals surface area contributed by atoms with Crippen LogP contribution in [0.3, 0.4) is 0 Å². The average Bonchev–Trinajstić information content (AvgIpc) is 3.31. The van der Waals surface area contributed by atoms with Gasteiger partial charge in [0.1, 0.15) is 0 Å². The predicted molar refractivity (Wildman–Crippen MR) is 83.8 cm³/mol. The third-order valence-electron chi connectivity index (χ3n) is 4.45. The van der Waals surface area contributed by atoms with Gasteiger partial charge < -0.3 is 5.32 Å². The molecule has 1 aromatic carbocycles. The Morgan fingerprint density at radius 3 is 2.35 bits per heavy atom. The lowest BCUT2D eigenvalue weighted by Gasteiger charge is -2.34. The fourth-order valence-electron chi connectivity index (χ4n) is 2.88. The van der Waals surface area contributed by atoms with E-state index in [0.29, 0.717) is 0 Å². The molecule has 1 saturated heterocycles. The van der Waals surface area contributed by atoms with Crippen molar-refractivity contribution in [3.05, 3.63) is 35.9 Å². The zero-order valence-electron chi connectivity index (χ0n) is 12.4.